The van der Waals surface area contributed by atoms with Crippen LogP contribution in [0.25, 0.3) is 0 Å². The monoisotopic (exact) mass is 241 g/mol. The number of aromatic carboxylic acids is 1. The number of aromatic nitrogens is 1. The molecule has 1 aliphatic rings. The molecule has 1 amide bonds. The number of hydrogen-bond acceptors (Lipinski definition) is 4. The topological polar surface area (TPSA) is 83.4 Å². The minimum atomic E-state index is -1.01. The molecule has 0 radical (unpaired) electrons. The van der Waals surface area contributed by atoms with Gasteiger partial charge < -0.3 is 20.3 Å². The zero-order valence-corrected chi connectivity index (χ0v) is 9.64. The summed E-state index contributed by atoms with van der Waals surface area (Å²) in [5.41, 5.74) is 1.21. The molecule has 0 unspecified atom stereocenters. The van der Waals surface area contributed by atoms with E-state index in [1.54, 1.807) is 11.6 Å². The smallest absolute Gasteiger partial charge is 0.354 e. The molecule has 0 aliphatic carbocycles. The molecular formula is C9H11N3O3S. The van der Waals surface area contributed by atoms with E-state index >= 15 is 0 Å². The van der Waals surface area contributed by atoms with E-state index in [0.717, 1.165) is 5.03 Å². The van der Waals surface area contributed by atoms with Crippen LogP contribution in [0.2, 0.25) is 0 Å². The van der Waals surface area contributed by atoms with E-state index in [1.807, 2.05) is 6.26 Å². The Kier molecular flexibility index (Phi) is 2.55. The first-order valence-electron chi connectivity index (χ1n) is 4.60. The summed E-state index contributed by atoms with van der Waals surface area (Å²) in [6, 6.07) is 0. The zero-order valence-electron chi connectivity index (χ0n) is 8.83. The van der Waals surface area contributed by atoms with Crippen molar-refractivity contribution in [3.63, 3.8) is 0 Å². The molecule has 16 heavy (non-hydrogen) atoms. The van der Waals surface area contributed by atoms with Crippen LogP contribution in [0.5, 0.6) is 0 Å². The average Bonchev–Trinajstić information content (AvgIpc) is 2.49. The standard InChI is InChI=1S/C9H11N3O3S/c1-12-7(9(14)15)5-6(8(12)16-2)11-4(13)3-10-5/h10H,3H2,1-2H3,(H,11,13)(H,14,15). The van der Waals surface area contributed by atoms with Crippen molar-refractivity contribution >= 4 is 35.0 Å². The molecule has 3 N–H and O–H groups in total. The lowest BCUT2D eigenvalue weighted by Gasteiger charge is -2.15. The van der Waals surface area contributed by atoms with Gasteiger partial charge in [0.15, 0.2) is 5.69 Å². The van der Waals surface area contributed by atoms with Crippen LogP contribution in [0.4, 0.5) is 11.4 Å². The Balaban J connectivity index is 2.65. The number of rotatable bonds is 2. The summed E-state index contributed by atoms with van der Waals surface area (Å²) in [6.45, 7) is 0.102. The average molecular weight is 241 g/mol. The van der Waals surface area contributed by atoms with E-state index in [1.165, 1.54) is 11.8 Å². The SMILES string of the molecule is CSc1c2c(c(C(=O)O)n1C)NCC(=O)N2. The van der Waals surface area contributed by atoms with Crippen LogP contribution in [-0.2, 0) is 11.8 Å². The van der Waals surface area contributed by atoms with Crippen LogP contribution in [0.1, 0.15) is 10.5 Å². The van der Waals surface area contributed by atoms with E-state index < -0.39 is 5.97 Å². The second-order valence-electron chi connectivity index (χ2n) is 3.37. The number of amides is 1. The Morgan fingerprint density at radius 1 is 1.50 bits per heavy atom. The second-order valence-corrected chi connectivity index (χ2v) is 4.17. The van der Waals surface area contributed by atoms with Gasteiger partial charge in [0.2, 0.25) is 5.91 Å². The van der Waals surface area contributed by atoms with E-state index in [4.69, 9.17) is 5.11 Å². The van der Waals surface area contributed by atoms with Gasteiger partial charge in [0.05, 0.1) is 17.9 Å². The molecule has 0 saturated carbocycles. The van der Waals surface area contributed by atoms with Crippen LogP contribution in [0.15, 0.2) is 5.03 Å². The van der Waals surface area contributed by atoms with Gasteiger partial charge in [0.25, 0.3) is 0 Å². The van der Waals surface area contributed by atoms with Crippen molar-refractivity contribution < 1.29 is 14.7 Å². The number of carbonyl (C=O) groups excluding carboxylic acids is 1. The lowest BCUT2D eigenvalue weighted by atomic mass is 10.2. The summed E-state index contributed by atoms with van der Waals surface area (Å²) in [7, 11) is 1.67. The minimum Gasteiger partial charge on any atom is -0.477 e. The highest BCUT2D eigenvalue weighted by molar-refractivity contribution is 7.98. The van der Waals surface area contributed by atoms with E-state index in [9.17, 15) is 9.59 Å². The Hall–Kier alpha value is -1.63. The number of anilines is 2. The van der Waals surface area contributed by atoms with E-state index in [0.29, 0.717) is 11.4 Å². The molecule has 0 aromatic carbocycles. The fraction of sp³-hybridized carbons (Fsp3) is 0.333. The van der Waals surface area contributed by atoms with Crippen molar-refractivity contribution in [1.82, 2.24) is 4.57 Å². The predicted molar refractivity (Wildman–Crippen MR) is 61.3 cm³/mol. The molecular weight excluding hydrogens is 230 g/mol. The first-order chi connectivity index (χ1) is 7.56. The molecule has 1 aromatic rings. The molecule has 0 fully saturated rings. The van der Waals surface area contributed by atoms with Gasteiger partial charge in [-0.1, -0.05) is 0 Å². The second kappa shape index (κ2) is 3.75. The molecule has 0 atom stereocenters. The molecule has 7 heteroatoms. The van der Waals surface area contributed by atoms with Gasteiger partial charge in [-0.2, -0.15) is 0 Å². The van der Waals surface area contributed by atoms with Gasteiger partial charge in [-0.15, -0.1) is 11.8 Å². The molecule has 2 rings (SSSR count). The van der Waals surface area contributed by atoms with Crippen LogP contribution in [0, 0.1) is 0 Å². The fourth-order valence-electron chi connectivity index (χ4n) is 1.79. The third kappa shape index (κ3) is 1.44. The van der Waals surface area contributed by atoms with Crippen molar-refractivity contribution in [1.29, 1.82) is 0 Å². The Morgan fingerprint density at radius 2 is 2.19 bits per heavy atom. The number of nitrogens with one attached hydrogen (secondary N) is 2. The summed E-state index contributed by atoms with van der Waals surface area (Å²) in [6.07, 6.45) is 1.84. The van der Waals surface area contributed by atoms with Crippen molar-refractivity contribution in [3.05, 3.63) is 5.69 Å². The van der Waals surface area contributed by atoms with Gasteiger partial charge in [-0.3, -0.25) is 4.79 Å². The molecule has 86 valence electrons. The highest BCUT2D eigenvalue weighted by Crippen LogP contribution is 2.39. The maximum Gasteiger partial charge on any atom is 0.354 e. The van der Waals surface area contributed by atoms with Crippen LogP contribution in [0.3, 0.4) is 0 Å². The number of carboxylic acid groups (broad SMARTS) is 1. The highest BCUT2D eigenvalue weighted by Gasteiger charge is 2.28. The fourth-order valence-corrected chi connectivity index (χ4v) is 2.51. The molecule has 1 aliphatic heterocycles. The first kappa shape index (κ1) is 10.9. The Labute approximate surface area is 96.0 Å². The van der Waals surface area contributed by atoms with Gasteiger partial charge in [0.1, 0.15) is 5.03 Å². The minimum absolute atomic E-state index is 0.102. The van der Waals surface area contributed by atoms with Gasteiger partial charge >= 0.3 is 5.97 Å². The number of thioether (sulfide) groups is 1. The molecule has 2 heterocycles. The summed E-state index contributed by atoms with van der Waals surface area (Å²) >= 11 is 1.40. The summed E-state index contributed by atoms with van der Waals surface area (Å²) < 4.78 is 1.57. The van der Waals surface area contributed by atoms with Crippen molar-refractivity contribution in [2.24, 2.45) is 7.05 Å². The van der Waals surface area contributed by atoms with E-state index in [2.05, 4.69) is 10.6 Å². The lowest BCUT2D eigenvalue weighted by Crippen LogP contribution is -2.27. The Bertz CT molecular complexity index is 481. The van der Waals surface area contributed by atoms with Gasteiger partial charge in [-0.05, 0) is 6.26 Å². The number of hydrogen-bond donors (Lipinski definition) is 3. The van der Waals surface area contributed by atoms with Crippen LogP contribution in [-0.4, -0.2) is 34.4 Å². The first-order valence-corrected chi connectivity index (χ1v) is 5.82. The van der Waals surface area contributed by atoms with Gasteiger partial charge in [0, 0.05) is 7.05 Å². The normalized spacial score (nSPS) is 14.0. The largest absolute Gasteiger partial charge is 0.477 e. The summed E-state index contributed by atoms with van der Waals surface area (Å²) in [4.78, 5) is 22.4. The highest BCUT2D eigenvalue weighted by atomic mass is 32.2. The third-order valence-corrected chi connectivity index (χ3v) is 3.29. The molecule has 0 spiro atoms. The maximum atomic E-state index is 11.2. The lowest BCUT2D eigenvalue weighted by molar-refractivity contribution is -0.114. The number of nitrogens with zero attached hydrogens (tertiary/aromatic N) is 1. The molecule has 0 bridgehead atoms. The van der Waals surface area contributed by atoms with E-state index in [-0.39, 0.29) is 18.1 Å². The zero-order chi connectivity index (χ0) is 11.9. The number of carboxylic acids is 1. The number of carbonyl (C=O) groups is 2. The number of fused-ring (bicyclic) bond motifs is 1. The predicted octanol–water partition coefficient (Wildman–Crippen LogP) is 0.809. The van der Waals surface area contributed by atoms with Crippen molar-refractivity contribution in [2.45, 2.75) is 5.03 Å². The Morgan fingerprint density at radius 3 is 2.75 bits per heavy atom. The van der Waals surface area contributed by atoms with Crippen LogP contribution >= 0.6 is 11.8 Å². The quantitative estimate of drug-likeness (QED) is 0.667. The van der Waals surface area contributed by atoms with Crippen LogP contribution < -0.4 is 10.6 Å². The maximum absolute atomic E-state index is 11.2. The van der Waals surface area contributed by atoms with Crippen molar-refractivity contribution in [3.8, 4) is 0 Å². The molecule has 1 aromatic heterocycles. The summed E-state index contributed by atoms with van der Waals surface area (Å²) in [5.74, 6) is -1.17. The molecule has 6 nitrogen and oxygen atoms in total. The van der Waals surface area contributed by atoms with Gasteiger partial charge in [-0.25, -0.2) is 4.79 Å². The third-order valence-electron chi connectivity index (χ3n) is 2.43. The summed E-state index contributed by atoms with van der Waals surface area (Å²) in [5, 5.41) is 15.4. The molecule has 0 saturated heterocycles. The van der Waals surface area contributed by atoms with Crippen molar-refractivity contribution in [2.75, 3.05) is 23.4 Å².